The predicted molar refractivity (Wildman–Crippen MR) is 131 cm³/mol. The number of nitrogens with zero attached hydrogens (tertiary/aromatic N) is 3. The topological polar surface area (TPSA) is 116 Å². The number of aryl methyl sites for hydroxylation is 3. The first-order valence-corrected chi connectivity index (χ1v) is 12.5. The average Bonchev–Trinajstić information content (AvgIpc) is 3.17. The lowest BCUT2D eigenvalue weighted by molar-refractivity contribution is 0.336. The minimum atomic E-state index is -3.85. The van der Waals surface area contributed by atoms with Crippen LogP contribution < -0.4 is 15.0 Å². The van der Waals surface area contributed by atoms with Crippen LogP contribution in [0.4, 0.5) is 0 Å². The van der Waals surface area contributed by atoms with Crippen molar-refractivity contribution >= 4 is 10.0 Å². The second-order valence-electron chi connectivity index (χ2n) is 7.99. The number of para-hydroxylation sites is 1. The Morgan fingerprint density at radius 1 is 1.06 bits per heavy atom. The van der Waals surface area contributed by atoms with Crippen molar-refractivity contribution < 1.29 is 17.7 Å². The molecule has 0 unspecified atom stereocenters. The summed E-state index contributed by atoms with van der Waals surface area (Å²) >= 11 is 0. The summed E-state index contributed by atoms with van der Waals surface area (Å²) in [7, 11) is -3.85. The van der Waals surface area contributed by atoms with Crippen molar-refractivity contribution in [3.8, 4) is 22.7 Å². The highest BCUT2D eigenvalue weighted by Gasteiger charge is 2.20. The van der Waals surface area contributed by atoms with E-state index in [0.717, 1.165) is 5.56 Å². The summed E-state index contributed by atoms with van der Waals surface area (Å²) < 4.78 is 41.1. The summed E-state index contributed by atoms with van der Waals surface area (Å²) in [5.41, 5.74) is 2.94. The van der Waals surface area contributed by atoms with Gasteiger partial charge in [-0.15, -0.1) is 0 Å². The van der Waals surface area contributed by atoms with Gasteiger partial charge in [-0.1, -0.05) is 35.5 Å². The van der Waals surface area contributed by atoms with Gasteiger partial charge in [0.2, 0.25) is 10.0 Å². The molecule has 35 heavy (non-hydrogen) atoms. The molecule has 1 N–H and O–H groups in total. The number of benzene rings is 2. The van der Waals surface area contributed by atoms with Gasteiger partial charge in [-0.25, -0.2) is 13.1 Å². The van der Waals surface area contributed by atoms with Crippen molar-refractivity contribution in [2.45, 2.75) is 39.1 Å². The predicted octanol–water partition coefficient (Wildman–Crippen LogP) is 3.69. The third kappa shape index (κ3) is 5.03. The molecule has 0 atom stereocenters. The smallest absolute Gasteiger partial charge is 0.271 e. The van der Waals surface area contributed by atoms with Crippen LogP contribution in [0.25, 0.3) is 16.9 Å². The maximum absolute atomic E-state index is 13.2. The van der Waals surface area contributed by atoms with E-state index >= 15 is 0 Å². The first kappa shape index (κ1) is 24.4. The number of aromatic nitrogens is 3. The van der Waals surface area contributed by atoms with Crippen LogP contribution in [0, 0.1) is 20.8 Å². The van der Waals surface area contributed by atoms with E-state index in [1.807, 2.05) is 25.1 Å². The van der Waals surface area contributed by atoms with Crippen molar-refractivity contribution in [1.82, 2.24) is 19.7 Å². The van der Waals surface area contributed by atoms with Crippen LogP contribution >= 0.6 is 0 Å². The van der Waals surface area contributed by atoms with Crippen molar-refractivity contribution in [2.75, 3.05) is 6.61 Å². The van der Waals surface area contributed by atoms with Gasteiger partial charge in [0.25, 0.3) is 5.56 Å². The Kier molecular flexibility index (Phi) is 6.86. The molecule has 2 aromatic carbocycles. The van der Waals surface area contributed by atoms with Crippen molar-refractivity contribution in [3.05, 3.63) is 87.5 Å². The van der Waals surface area contributed by atoms with Gasteiger partial charge >= 0.3 is 0 Å². The minimum absolute atomic E-state index is 0.0807. The summed E-state index contributed by atoms with van der Waals surface area (Å²) in [5.74, 6) is 1.09. The van der Waals surface area contributed by atoms with Gasteiger partial charge < -0.3 is 9.26 Å². The average molecular weight is 495 g/mol. The van der Waals surface area contributed by atoms with Crippen molar-refractivity contribution in [2.24, 2.45) is 0 Å². The third-order valence-corrected chi connectivity index (χ3v) is 7.05. The lowest BCUT2D eigenvalue weighted by Gasteiger charge is -2.14. The molecule has 0 amide bonds. The Bertz CT molecular complexity index is 1520. The summed E-state index contributed by atoms with van der Waals surface area (Å²) in [6.07, 6.45) is 0. The van der Waals surface area contributed by atoms with Crippen LogP contribution in [0.3, 0.4) is 0 Å². The maximum Gasteiger partial charge on any atom is 0.271 e. The van der Waals surface area contributed by atoms with Gasteiger partial charge in [0.15, 0.2) is 5.76 Å². The minimum Gasteiger partial charge on any atom is -0.494 e. The molecule has 0 aliphatic carbocycles. The molecule has 4 rings (SSSR count). The van der Waals surface area contributed by atoms with Gasteiger partial charge in [0, 0.05) is 23.7 Å². The highest BCUT2D eigenvalue weighted by atomic mass is 32.2. The molecule has 0 bridgehead atoms. The van der Waals surface area contributed by atoms with Crippen molar-refractivity contribution in [1.29, 1.82) is 0 Å². The largest absolute Gasteiger partial charge is 0.494 e. The Hall–Kier alpha value is -3.76. The Morgan fingerprint density at radius 3 is 2.54 bits per heavy atom. The Labute approximate surface area is 203 Å². The third-order valence-electron chi connectivity index (χ3n) is 5.51. The zero-order chi connectivity index (χ0) is 25.2. The summed E-state index contributed by atoms with van der Waals surface area (Å²) in [5, 5.41) is 8.34. The van der Waals surface area contributed by atoms with E-state index in [1.54, 1.807) is 51.1 Å². The van der Waals surface area contributed by atoms with Crippen LogP contribution in [0.5, 0.6) is 5.75 Å². The first-order valence-electron chi connectivity index (χ1n) is 11.1. The number of ether oxygens (including phenoxy) is 1. The molecule has 0 saturated heterocycles. The highest BCUT2D eigenvalue weighted by molar-refractivity contribution is 7.89. The summed E-state index contributed by atoms with van der Waals surface area (Å²) in [6, 6.07) is 15.3. The number of rotatable bonds is 8. The van der Waals surface area contributed by atoms with Gasteiger partial charge in [-0.05, 0) is 51.5 Å². The zero-order valence-corrected chi connectivity index (χ0v) is 20.7. The second kappa shape index (κ2) is 9.85. The monoisotopic (exact) mass is 494 g/mol. The van der Waals surface area contributed by atoms with Gasteiger partial charge in [-0.3, -0.25) is 4.79 Å². The van der Waals surface area contributed by atoms with E-state index in [9.17, 15) is 13.2 Å². The lowest BCUT2D eigenvalue weighted by atomic mass is 10.1. The molecule has 0 aliphatic heterocycles. The standard InChI is InChI=1S/C25H26N4O5S/c1-5-33-22-9-7-6-8-20(22)15-26-35(31,32)23-14-19(11-10-16(23)2)21-12-13-24(30)29(27-21)25-17(3)28-34-18(25)4/h6-14,26H,5,15H2,1-4H3. The van der Waals surface area contributed by atoms with Crippen LogP contribution in [0.1, 0.15) is 29.5 Å². The zero-order valence-electron chi connectivity index (χ0n) is 19.9. The van der Waals surface area contributed by atoms with Crippen LogP contribution in [0.15, 0.2) is 68.8 Å². The number of hydrogen-bond acceptors (Lipinski definition) is 7. The van der Waals surface area contributed by atoms with Crippen LogP contribution in [0.2, 0.25) is 0 Å². The van der Waals surface area contributed by atoms with Crippen LogP contribution in [-0.2, 0) is 16.6 Å². The molecule has 2 aromatic heterocycles. The molecule has 0 saturated carbocycles. The second-order valence-corrected chi connectivity index (χ2v) is 9.72. The fourth-order valence-electron chi connectivity index (χ4n) is 3.75. The SMILES string of the molecule is CCOc1ccccc1CNS(=O)(=O)c1cc(-c2ccc(=O)n(-c3c(C)noc3C)n2)ccc1C. The molecule has 0 aliphatic rings. The van der Waals surface area contributed by atoms with E-state index in [0.29, 0.717) is 46.3 Å². The van der Waals surface area contributed by atoms with Gasteiger partial charge in [-0.2, -0.15) is 9.78 Å². The normalized spacial score (nSPS) is 11.5. The summed E-state index contributed by atoms with van der Waals surface area (Å²) in [6.45, 7) is 7.58. The fourth-order valence-corrected chi connectivity index (χ4v) is 5.03. The molecule has 10 heteroatoms. The number of hydrogen-bond donors (Lipinski definition) is 1. The molecular weight excluding hydrogens is 468 g/mol. The fraction of sp³-hybridized carbons (Fsp3) is 0.240. The van der Waals surface area contributed by atoms with E-state index < -0.39 is 10.0 Å². The maximum atomic E-state index is 13.2. The first-order chi connectivity index (χ1) is 16.7. The van der Waals surface area contributed by atoms with E-state index in [4.69, 9.17) is 9.26 Å². The number of sulfonamides is 1. The molecule has 4 aromatic rings. The molecule has 0 spiro atoms. The molecule has 182 valence electrons. The van der Waals surface area contributed by atoms with Crippen molar-refractivity contribution in [3.63, 3.8) is 0 Å². The Morgan fingerprint density at radius 2 is 1.83 bits per heavy atom. The molecule has 9 nitrogen and oxygen atoms in total. The quantitative estimate of drug-likeness (QED) is 0.397. The lowest BCUT2D eigenvalue weighted by Crippen LogP contribution is -2.24. The molecular formula is C25H26N4O5S. The van der Waals surface area contributed by atoms with Gasteiger partial charge in [0.05, 0.1) is 17.2 Å². The molecule has 2 heterocycles. The summed E-state index contributed by atoms with van der Waals surface area (Å²) in [4.78, 5) is 12.6. The number of nitrogens with one attached hydrogen (secondary N) is 1. The van der Waals surface area contributed by atoms with E-state index in [-0.39, 0.29) is 17.0 Å². The van der Waals surface area contributed by atoms with Crippen LogP contribution in [-0.4, -0.2) is 30.0 Å². The highest BCUT2D eigenvalue weighted by Crippen LogP contribution is 2.25. The van der Waals surface area contributed by atoms with E-state index in [1.165, 1.54) is 10.7 Å². The Balaban J connectivity index is 1.68. The van der Waals surface area contributed by atoms with Gasteiger partial charge in [0.1, 0.15) is 17.1 Å². The molecule has 0 fully saturated rings. The molecule has 0 radical (unpaired) electrons. The van der Waals surface area contributed by atoms with E-state index in [2.05, 4.69) is 15.0 Å².